The molecule has 1 N–H and O–H groups in total. The number of aromatic nitrogens is 1. The Labute approximate surface area is 99.5 Å². The molecule has 1 aromatic heterocycles. The lowest BCUT2D eigenvalue weighted by Gasteiger charge is -2.19. The molecule has 0 aliphatic heterocycles. The summed E-state index contributed by atoms with van der Waals surface area (Å²) in [5, 5.41) is 3.60. The molecule has 0 aromatic carbocycles. The molecule has 0 fully saturated rings. The van der Waals surface area contributed by atoms with E-state index in [9.17, 15) is 0 Å². The topological polar surface area (TPSA) is 24.9 Å². The molecular formula is C14H24N2. The van der Waals surface area contributed by atoms with E-state index in [2.05, 4.69) is 43.2 Å². The Morgan fingerprint density at radius 2 is 2.00 bits per heavy atom. The number of pyridine rings is 1. The van der Waals surface area contributed by atoms with Gasteiger partial charge in [-0.1, -0.05) is 26.7 Å². The molecule has 0 spiro atoms. The van der Waals surface area contributed by atoms with Crippen molar-refractivity contribution < 1.29 is 0 Å². The van der Waals surface area contributed by atoms with E-state index >= 15 is 0 Å². The summed E-state index contributed by atoms with van der Waals surface area (Å²) >= 11 is 0. The van der Waals surface area contributed by atoms with Gasteiger partial charge < -0.3 is 5.32 Å². The van der Waals surface area contributed by atoms with Gasteiger partial charge in [0.05, 0.1) is 11.4 Å². The van der Waals surface area contributed by atoms with Gasteiger partial charge in [0.25, 0.3) is 0 Å². The predicted octanol–water partition coefficient (Wildman–Crippen LogP) is 4.08. The zero-order valence-corrected chi connectivity index (χ0v) is 11.0. The molecule has 1 aromatic rings. The van der Waals surface area contributed by atoms with Crippen molar-refractivity contribution in [2.45, 2.75) is 59.4 Å². The molecule has 0 aliphatic rings. The summed E-state index contributed by atoms with van der Waals surface area (Å²) < 4.78 is 0. The first kappa shape index (κ1) is 13.0. The summed E-state index contributed by atoms with van der Waals surface area (Å²) in [6.45, 7) is 8.59. The second kappa shape index (κ2) is 6.51. The lowest BCUT2D eigenvalue weighted by atomic mass is 10.1. The van der Waals surface area contributed by atoms with E-state index in [-0.39, 0.29) is 0 Å². The van der Waals surface area contributed by atoms with Gasteiger partial charge in [0.15, 0.2) is 0 Å². The van der Waals surface area contributed by atoms with Crippen LogP contribution in [0, 0.1) is 13.8 Å². The monoisotopic (exact) mass is 220 g/mol. The van der Waals surface area contributed by atoms with Crippen molar-refractivity contribution in [1.82, 2.24) is 4.98 Å². The molecule has 0 bridgehead atoms. The lowest BCUT2D eigenvalue weighted by molar-refractivity contribution is 0.593. The summed E-state index contributed by atoms with van der Waals surface area (Å²) in [7, 11) is 0. The Kier molecular flexibility index (Phi) is 5.30. The first-order valence-corrected chi connectivity index (χ1v) is 6.38. The van der Waals surface area contributed by atoms with Gasteiger partial charge in [-0.25, -0.2) is 0 Å². The fourth-order valence-corrected chi connectivity index (χ4v) is 1.89. The van der Waals surface area contributed by atoms with Crippen LogP contribution in [0.4, 0.5) is 5.69 Å². The van der Waals surface area contributed by atoms with Crippen LogP contribution in [0.1, 0.15) is 50.9 Å². The van der Waals surface area contributed by atoms with Crippen molar-refractivity contribution >= 4 is 5.69 Å². The highest BCUT2D eigenvalue weighted by molar-refractivity contribution is 5.48. The molecular weight excluding hydrogens is 196 g/mol. The SMILES string of the molecule is CCCCC(CC)Nc1ccc(C)nc1C. The van der Waals surface area contributed by atoms with Crippen LogP contribution in [0.3, 0.4) is 0 Å². The molecule has 2 nitrogen and oxygen atoms in total. The van der Waals surface area contributed by atoms with E-state index in [0.717, 1.165) is 11.4 Å². The maximum Gasteiger partial charge on any atom is 0.0606 e. The Hall–Kier alpha value is -1.05. The molecule has 1 rings (SSSR count). The first-order valence-electron chi connectivity index (χ1n) is 6.38. The molecule has 1 atom stereocenters. The third-order valence-corrected chi connectivity index (χ3v) is 2.98. The largest absolute Gasteiger partial charge is 0.381 e. The van der Waals surface area contributed by atoms with Gasteiger partial charge in [0.1, 0.15) is 0 Å². The fraction of sp³-hybridized carbons (Fsp3) is 0.643. The van der Waals surface area contributed by atoms with Crippen LogP contribution in [0.5, 0.6) is 0 Å². The highest BCUT2D eigenvalue weighted by Gasteiger charge is 2.07. The fourth-order valence-electron chi connectivity index (χ4n) is 1.89. The van der Waals surface area contributed by atoms with Crippen LogP contribution in [-0.4, -0.2) is 11.0 Å². The summed E-state index contributed by atoms with van der Waals surface area (Å²) in [5.74, 6) is 0. The molecule has 1 heterocycles. The number of rotatable bonds is 6. The normalized spacial score (nSPS) is 12.5. The van der Waals surface area contributed by atoms with Crippen molar-refractivity contribution in [3.05, 3.63) is 23.5 Å². The van der Waals surface area contributed by atoms with Crippen LogP contribution in [0.15, 0.2) is 12.1 Å². The number of hydrogen-bond acceptors (Lipinski definition) is 2. The number of aryl methyl sites for hydroxylation is 2. The zero-order valence-electron chi connectivity index (χ0n) is 11.0. The van der Waals surface area contributed by atoms with E-state index in [4.69, 9.17) is 0 Å². The van der Waals surface area contributed by atoms with Crippen LogP contribution in [0.25, 0.3) is 0 Å². The molecule has 0 saturated carbocycles. The van der Waals surface area contributed by atoms with E-state index < -0.39 is 0 Å². The van der Waals surface area contributed by atoms with Gasteiger partial charge >= 0.3 is 0 Å². The maximum atomic E-state index is 4.48. The van der Waals surface area contributed by atoms with E-state index in [1.54, 1.807) is 0 Å². The van der Waals surface area contributed by atoms with Crippen LogP contribution in [0.2, 0.25) is 0 Å². The highest BCUT2D eigenvalue weighted by Crippen LogP contribution is 2.17. The molecule has 90 valence electrons. The minimum Gasteiger partial charge on any atom is -0.381 e. The van der Waals surface area contributed by atoms with Gasteiger partial charge in [-0.15, -0.1) is 0 Å². The molecule has 0 aliphatic carbocycles. The quantitative estimate of drug-likeness (QED) is 0.781. The van der Waals surface area contributed by atoms with Crippen molar-refractivity contribution in [2.75, 3.05) is 5.32 Å². The van der Waals surface area contributed by atoms with Crippen molar-refractivity contribution in [1.29, 1.82) is 0 Å². The third kappa shape index (κ3) is 3.84. The molecule has 16 heavy (non-hydrogen) atoms. The first-order chi connectivity index (χ1) is 7.67. The van der Waals surface area contributed by atoms with E-state index in [1.807, 2.05) is 6.92 Å². The maximum absolute atomic E-state index is 4.48. The van der Waals surface area contributed by atoms with Crippen LogP contribution in [-0.2, 0) is 0 Å². The van der Waals surface area contributed by atoms with Gasteiger partial charge in [0, 0.05) is 11.7 Å². The average molecular weight is 220 g/mol. The summed E-state index contributed by atoms with van der Waals surface area (Å²) in [6.07, 6.45) is 4.99. The predicted molar refractivity (Wildman–Crippen MR) is 70.9 cm³/mol. The zero-order chi connectivity index (χ0) is 12.0. The molecule has 0 amide bonds. The van der Waals surface area contributed by atoms with E-state index in [1.165, 1.54) is 31.4 Å². The molecule has 0 saturated heterocycles. The van der Waals surface area contributed by atoms with E-state index in [0.29, 0.717) is 6.04 Å². The van der Waals surface area contributed by atoms with Crippen LogP contribution < -0.4 is 5.32 Å². The number of nitrogens with zero attached hydrogens (tertiary/aromatic N) is 1. The van der Waals surface area contributed by atoms with Crippen LogP contribution >= 0.6 is 0 Å². The number of anilines is 1. The Balaban J connectivity index is 2.62. The van der Waals surface area contributed by atoms with Crippen molar-refractivity contribution in [2.24, 2.45) is 0 Å². The standard InChI is InChI=1S/C14H24N2/c1-5-7-8-13(6-2)16-14-10-9-11(3)15-12(14)4/h9-10,13,16H,5-8H2,1-4H3. The summed E-state index contributed by atoms with van der Waals surface area (Å²) in [5.41, 5.74) is 3.38. The minimum atomic E-state index is 0.586. The van der Waals surface area contributed by atoms with Crippen molar-refractivity contribution in [3.63, 3.8) is 0 Å². The minimum absolute atomic E-state index is 0.586. The summed E-state index contributed by atoms with van der Waals surface area (Å²) in [4.78, 5) is 4.48. The Morgan fingerprint density at radius 1 is 1.25 bits per heavy atom. The van der Waals surface area contributed by atoms with Gasteiger partial charge in [-0.3, -0.25) is 4.98 Å². The highest BCUT2D eigenvalue weighted by atomic mass is 14.9. The van der Waals surface area contributed by atoms with Gasteiger partial charge in [-0.05, 0) is 38.8 Å². The Bertz CT molecular complexity index is 321. The Morgan fingerprint density at radius 3 is 2.56 bits per heavy atom. The molecule has 1 unspecified atom stereocenters. The summed E-state index contributed by atoms with van der Waals surface area (Å²) in [6, 6.07) is 4.80. The smallest absolute Gasteiger partial charge is 0.0606 e. The third-order valence-electron chi connectivity index (χ3n) is 2.98. The molecule has 0 radical (unpaired) electrons. The average Bonchev–Trinajstić information content (AvgIpc) is 2.27. The number of hydrogen-bond donors (Lipinski definition) is 1. The second-order valence-electron chi connectivity index (χ2n) is 4.48. The lowest BCUT2D eigenvalue weighted by Crippen LogP contribution is -2.19. The number of nitrogens with one attached hydrogen (secondary N) is 1. The van der Waals surface area contributed by atoms with Gasteiger partial charge in [-0.2, -0.15) is 0 Å². The number of unbranched alkanes of at least 4 members (excludes halogenated alkanes) is 1. The van der Waals surface area contributed by atoms with Gasteiger partial charge in [0.2, 0.25) is 0 Å². The second-order valence-corrected chi connectivity index (χ2v) is 4.48. The van der Waals surface area contributed by atoms with Crippen molar-refractivity contribution in [3.8, 4) is 0 Å². The molecule has 2 heteroatoms.